The van der Waals surface area contributed by atoms with Crippen molar-refractivity contribution in [3.63, 3.8) is 0 Å². The Labute approximate surface area is 88.9 Å². The first-order valence-corrected chi connectivity index (χ1v) is 5.78. The van der Waals surface area contributed by atoms with Crippen LogP contribution in [0.4, 0.5) is 0 Å². The molecule has 2 atom stereocenters. The molecule has 3 heteroatoms. The Morgan fingerprint density at radius 2 is 2.20 bits per heavy atom. The van der Waals surface area contributed by atoms with Gasteiger partial charge in [-0.2, -0.15) is 0 Å². The molecular weight excluding hydrogens is 190 g/mol. The van der Waals surface area contributed by atoms with E-state index in [1.807, 2.05) is 0 Å². The molecule has 1 heterocycles. The van der Waals surface area contributed by atoms with E-state index in [-0.39, 0.29) is 17.2 Å². The van der Waals surface area contributed by atoms with Crippen LogP contribution in [-0.2, 0) is 9.59 Å². The summed E-state index contributed by atoms with van der Waals surface area (Å²) in [6.07, 6.45) is 5.39. The summed E-state index contributed by atoms with van der Waals surface area (Å²) in [6.45, 7) is 2.15. The highest BCUT2D eigenvalue weighted by atomic mass is 16.2. The summed E-state index contributed by atoms with van der Waals surface area (Å²) in [5.74, 6) is 0.154. The number of hydrogen-bond acceptors (Lipinski definition) is 2. The first-order valence-electron chi connectivity index (χ1n) is 5.78. The summed E-state index contributed by atoms with van der Waals surface area (Å²) in [5.41, 5.74) is 1.75. The average molecular weight is 205 g/mol. The van der Waals surface area contributed by atoms with Gasteiger partial charge in [0.15, 0.2) is 0 Å². The number of rotatable bonds is 2. The minimum absolute atomic E-state index is 0.0605. The first kappa shape index (κ1) is 9.13. The number of fused-ring (bicyclic) bond motifs is 4. The molecule has 0 saturated heterocycles. The van der Waals surface area contributed by atoms with Gasteiger partial charge in [-0.25, -0.2) is 0 Å². The first-order chi connectivity index (χ1) is 7.18. The topological polar surface area (TPSA) is 46.2 Å². The summed E-state index contributed by atoms with van der Waals surface area (Å²) >= 11 is 0. The predicted molar refractivity (Wildman–Crippen MR) is 54.9 cm³/mol. The van der Waals surface area contributed by atoms with Crippen molar-refractivity contribution in [1.82, 2.24) is 5.32 Å². The molecule has 0 aromatic heterocycles. The smallest absolute Gasteiger partial charge is 0.255 e. The van der Waals surface area contributed by atoms with E-state index in [9.17, 15) is 9.59 Å². The third-order valence-corrected chi connectivity index (χ3v) is 4.24. The number of nitrogens with one attached hydrogen (secondary N) is 1. The van der Waals surface area contributed by atoms with Crippen molar-refractivity contribution in [3.8, 4) is 0 Å². The molecule has 1 fully saturated rings. The summed E-state index contributed by atoms with van der Waals surface area (Å²) < 4.78 is 0. The molecule has 2 unspecified atom stereocenters. The van der Waals surface area contributed by atoms with Crippen molar-refractivity contribution in [2.45, 2.75) is 39.0 Å². The minimum atomic E-state index is -0.113. The van der Waals surface area contributed by atoms with E-state index < -0.39 is 0 Å². The normalized spacial score (nSPS) is 37.5. The van der Waals surface area contributed by atoms with Gasteiger partial charge in [-0.05, 0) is 31.6 Å². The number of hydrogen-bond donors (Lipinski definition) is 1. The van der Waals surface area contributed by atoms with Crippen molar-refractivity contribution >= 4 is 11.8 Å². The summed E-state index contributed by atoms with van der Waals surface area (Å²) in [6, 6.07) is 0. The Hall–Kier alpha value is -1.12. The molecule has 2 amide bonds. The van der Waals surface area contributed by atoms with Crippen LogP contribution in [0.3, 0.4) is 0 Å². The standard InChI is InChI=1S/C12H15NO2/c1-2-4-12-5-3-7(6-12)8-9(12)11(15)13-10(8)14/h7H,2-6H2,1H3,(H,13,14,15). The van der Waals surface area contributed by atoms with Gasteiger partial charge in [-0.3, -0.25) is 14.9 Å². The maximum Gasteiger partial charge on any atom is 0.255 e. The SMILES string of the molecule is CCCC12CCC(C1)C1=C2C(=O)NC1=O. The zero-order valence-corrected chi connectivity index (χ0v) is 8.93. The van der Waals surface area contributed by atoms with Gasteiger partial charge in [-0.15, -0.1) is 0 Å². The second-order valence-corrected chi connectivity index (χ2v) is 5.04. The molecule has 0 aromatic rings. The van der Waals surface area contributed by atoms with Gasteiger partial charge in [0.05, 0.1) is 0 Å². The summed E-state index contributed by atoms with van der Waals surface area (Å²) in [4.78, 5) is 23.4. The van der Waals surface area contributed by atoms with Gasteiger partial charge in [0.1, 0.15) is 0 Å². The zero-order valence-electron chi connectivity index (χ0n) is 8.93. The van der Waals surface area contributed by atoms with Gasteiger partial charge >= 0.3 is 0 Å². The third-order valence-electron chi connectivity index (χ3n) is 4.24. The Morgan fingerprint density at radius 1 is 1.40 bits per heavy atom. The molecule has 2 aliphatic carbocycles. The fourth-order valence-electron chi connectivity index (χ4n) is 3.82. The lowest BCUT2D eigenvalue weighted by Gasteiger charge is -2.27. The van der Waals surface area contributed by atoms with Crippen molar-refractivity contribution in [2.24, 2.45) is 11.3 Å². The third kappa shape index (κ3) is 0.959. The van der Waals surface area contributed by atoms with Crippen LogP contribution in [0.5, 0.6) is 0 Å². The molecule has 0 spiro atoms. The minimum Gasteiger partial charge on any atom is -0.289 e. The van der Waals surface area contributed by atoms with E-state index in [4.69, 9.17) is 0 Å². The molecule has 1 aliphatic heterocycles. The molecule has 1 N–H and O–H groups in total. The van der Waals surface area contributed by atoms with Crippen LogP contribution in [0.15, 0.2) is 11.1 Å². The Balaban J connectivity index is 2.10. The summed E-state index contributed by atoms with van der Waals surface area (Å²) in [7, 11) is 0. The van der Waals surface area contributed by atoms with Gasteiger partial charge in [0.2, 0.25) is 0 Å². The predicted octanol–water partition coefficient (Wildman–Crippen LogP) is 1.54. The van der Waals surface area contributed by atoms with Crippen molar-refractivity contribution < 1.29 is 9.59 Å². The number of carbonyl (C=O) groups excluding carboxylic acids is 2. The molecule has 1 saturated carbocycles. The quantitative estimate of drug-likeness (QED) is 0.695. The van der Waals surface area contributed by atoms with Crippen molar-refractivity contribution in [3.05, 3.63) is 11.1 Å². The molecule has 0 aromatic carbocycles. The van der Waals surface area contributed by atoms with Crippen LogP contribution < -0.4 is 5.32 Å². The Bertz CT molecular complexity index is 396. The monoisotopic (exact) mass is 205 g/mol. The van der Waals surface area contributed by atoms with Crippen LogP contribution >= 0.6 is 0 Å². The lowest BCUT2D eigenvalue weighted by molar-refractivity contribution is -0.125. The van der Waals surface area contributed by atoms with E-state index in [0.29, 0.717) is 5.92 Å². The van der Waals surface area contributed by atoms with Crippen LogP contribution in [0.2, 0.25) is 0 Å². The highest BCUT2D eigenvalue weighted by Crippen LogP contribution is 2.60. The highest BCUT2D eigenvalue weighted by Gasteiger charge is 2.56. The molecule has 3 aliphatic rings. The van der Waals surface area contributed by atoms with Crippen LogP contribution in [0.25, 0.3) is 0 Å². The van der Waals surface area contributed by atoms with Crippen LogP contribution in [-0.4, -0.2) is 11.8 Å². The summed E-state index contributed by atoms with van der Waals surface area (Å²) in [5, 5.41) is 2.45. The van der Waals surface area contributed by atoms with E-state index in [2.05, 4.69) is 12.2 Å². The fourth-order valence-corrected chi connectivity index (χ4v) is 3.82. The largest absolute Gasteiger partial charge is 0.289 e. The fraction of sp³-hybridized carbons (Fsp3) is 0.667. The lowest BCUT2D eigenvalue weighted by Crippen LogP contribution is -2.30. The second kappa shape index (κ2) is 2.71. The highest BCUT2D eigenvalue weighted by molar-refractivity contribution is 6.21. The second-order valence-electron chi connectivity index (χ2n) is 5.04. The molecule has 2 bridgehead atoms. The van der Waals surface area contributed by atoms with Crippen LogP contribution in [0.1, 0.15) is 39.0 Å². The molecular formula is C12H15NO2. The maximum absolute atomic E-state index is 11.7. The number of imide groups is 1. The average Bonchev–Trinajstić information content (AvgIpc) is 2.79. The molecule has 0 radical (unpaired) electrons. The maximum atomic E-state index is 11.7. The van der Waals surface area contributed by atoms with Gasteiger partial charge < -0.3 is 0 Å². The molecule has 3 rings (SSSR count). The van der Waals surface area contributed by atoms with E-state index in [1.54, 1.807) is 0 Å². The lowest BCUT2D eigenvalue weighted by atomic mass is 9.76. The molecule has 80 valence electrons. The van der Waals surface area contributed by atoms with Gasteiger partial charge in [0.25, 0.3) is 11.8 Å². The Kier molecular flexibility index (Phi) is 1.65. The van der Waals surface area contributed by atoms with Gasteiger partial charge in [0, 0.05) is 16.6 Å². The van der Waals surface area contributed by atoms with E-state index in [1.165, 1.54) is 0 Å². The molecule has 3 nitrogen and oxygen atoms in total. The van der Waals surface area contributed by atoms with Crippen molar-refractivity contribution in [1.29, 1.82) is 0 Å². The van der Waals surface area contributed by atoms with Gasteiger partial charge in [-0.1, -0.05) is 13.3 Å². The number of carbonyl (C=O) groups is 2. The van der Waals surface area contributed by atoms with Crippen LogP contribution in [0, 0.1) is 11.3 Å². The number of amides is 2. The Morgan fingerprint density at radius 3 is 2.93 bits per heavy atom. The van der Waals surface area contributed by atoms with E-state index >= 15 is 0 Å². The zero-order chi connectivity index (χ0) is 10.6. The van der Waals surface area contributed by atoms with E-state index in [0.717, 1.165) is 43.3 Å². The van der Waals surface area contributed by atoms with Crippen molar-refractivity contribution in [2.75, 3.05) is 0 Å². The molecule has 15 heavy (non-hydrogen) atoms.